The largest absolute Gasteiger partial charge is 0.507 e. The number of nitrogens with zero attached hydrogens (tertiary/aromatic N) is 2. The molecule has 0 aliphatic heterocycles. The zero-order valence-corrected chi connectivity index (χ0v) is 26.9. The molecule has 0 saturated heterocycles. The molecule has 3 aliphatic carbocycles. The zero-order valence-electron chi connectivity index (χ0n) is 26.9. The van der Waals surface area contributed by atoms with Gasteiger partial charge < -0.3 is 30.5 Å². The van der Waals surface area contributed by atoms with Crippen molar-refractivity contribution in [3.63, 3.8) is 0 Å². The molecule has 3 aliphatic rings. The van der Waals surface area contributed by atoms with Crippen molar-refractivity contribution in [1.29, 1.82) is 0 Å². The fourth-order valence-electron chi connectivity index (χ4n) is 8.15. The summed E-state index contributed by atoms with van der Waals surface area (Å²) in [5.41, 5.74) is 4.91. The molecule has 0 spiro atoms. The third kappa shape index (κ3) is 5.03. The lowest BCUT2D eigenvalue weighted by molar-refractivity contribution is -0.325. The number of methoxy groups -OCH3 is 2. The Morgan fingerprint density at radius 1 is 1.11 bits per heavy atom. The van der Waals surface area contributed by atoms with Crippen molar-refractivity contribution in [2.75, 3.05) is 41.4 Å². The van der Waals surface area contributed by atoms with Crippen molar-refractivity contribution in [1.82, 2.24) is 9.80 Å². The van der Waals surface area contributed by atoms with Crippen LogP contribution >= 0.6 is 0 Å². The van der Waals surface area contributed by atoms with Crippen LogP contribution in [-0.2, 0) is 38.5 Å². The van der Waals surface area contributed by atoms with Gasteiger partial charge in [-0.3, -0.25) is 29.0 Å². The summed E-state index contributed by atoms with van der Waals surface area (Å²) in [4.78, 5) is 58.3. The smallest absolute Gasteiger partial charge is 0.233 e. The lowest BCUT2D eigenvalue weighted by Gasteiger charge is -2.59. The van der Waals surface area contributed by atoms with Crippen molar-refractivity contribution in [3.8, 4) is 11.5 Å². The van der Waals surface area contributed by atoms with Gasteiger partial charge in [0.15, 0.2) is 28.9 Å². The van der Waals surface area contributed by atoms with Crippen LogP contribution in [0.25, 0.3) is 0 Å². The number of hydrogen-bond donors (Lipinski definition) is 4. The average molecular weight is 638 g/mol. The molecule has 7 unspecified atom stereocenters. The van der Waals surface area contributed by atoms with Crippen molar-refractivity contribution in [2.24, 2.45) is 29.4 Å². The highest BCUT2D eigenvalue weighted by Gasteiger charge is 2.76. The first-order chi connectivity index (χ1) is 21.8. The summed E-state index contributed by atoms with van der Waals surface area (Å²) in [5.74, 6) is -12.3. The van der Waals surface area contributed by atoms with E-state index in [-0.39, 0.29) is 24.2 Å². The van der Waals surface area contributed by atoms with Crippen molar-refractivity contribution < 1.29 is 44.0 Å². The van der Waals surface area contributed by atoms with Crippen LogP contribution in [0.4, 0.5) is 0 Å². The van der Waals surface area contributed by atoms with Crippen LogP contribution in [-0.4, -0.2) is 107 Å². The fraction of sp³-hybridized carbons (Fsp3) is 0.529. The summed E-state index contributed by atoms with van der Waals surface area (Å²) in [6, 6.07) is 10.4. The molecule has 0 bridgehead atoms. The van der Waals surface area contributed by atoms with E-state index in [9.17, 15) is 34.5 Å². The van der Waals surface area contributed by atoms with Gasteiger partial charge in [0.1, 0.15) is 11.5 Å². The number of aromatic hydroxyl groups is 1. The SMILES string of the molecule is CCN(CCc1ccccc1)Cc1cc(O)c2c(c1OC)CC1CC3C(N(C)C)C(=O)C(C(N)=O)C(O)(OC)C3(O)C(=O)C1C2=O. The van der Waals surface area contributed by atoms with Crippen molar-refractivity contribution in [2.45, 2.75) is 50.2 Å². The van der Waals surface area contributed by atoms with E-state index in [2.05, 4.69) is 17.0 Å². The molecule has 12 heteroatoms. The van der Waals surface area contributed by atoms with E-state index in [4.69, 9.17) is 15.2 Å². The van der Waals surface area contributed by atoms with Crippen LogP contribution in [0.3, 0.4) is 0 Å². The molecular formula is C34H43N3O9. The minimum absolute atomic E-state index is 0.0455. The maximum atomic E-state index is 14.3. The number of ketones is 3. The van der Waals surface area contributed by atoms with Crippen LogP contribution in [0.5, 0.6) is 11.5 Å². The third-order valence-corrected chi connectivity index (χ3v) is 10.3. The maximum Gasteiger partial charge on any atom is 0.233 e. The number of rotatable bonds is 10. The van der Waals surface area contributed by atoms with Gasteiger partial charge in [-0.1, -0.05) is 37.3 Å². The molecular weight excluding hydrogens is 594 g/mol. The number of carbonyl (C=O) groups is 4. The molecule has 46 heavy (non-hydrogen) atoms. The normalized spacial score (nSPS) is 30.6. The molecule has 0 radical (unpaired) electrons. The summed E-state index contributed by atoms with van der Waals surface area (Å²) >= 11 is 0. The molecule has 2 aromatic carbocycles. The van der Waals surface area contributed by atoms with E-state index in [1.807, 2.05) is 25.1 Å². The predicted molar refractivity (Wildman–Crippen MR) is 166 cm³/mol. The van der Waals surface area contributed by atoms with Gasteiger partial charge in [0.25, 0.3) is 0 Å². The third-order valence-electron chi connectivity index (χ3n) is 10.3. The van der Waals surface area contributed by atoms with Crippen LogP contribution in [0.15, 0.2) is 36.4 Å². The summed E-state index contributed by atoms with van der Waals surface area (Å²) in [6.07, 6.45) is 0.901. The highest BCUT2D eigenvalue weighted by atomic mass is 16.6. The van der Waals surface area contributed by atoms with Gasteiger partial charge in [-0.25, -0.2) is 0 Å². The second kappa shape index (κ2) is 12.5. The number of aliphatic hydroxyl groups is 2. The zero-order chi connectivity index (χ0) is 33.7. The Kier molecular flexibility index (Phi) is 9.15. The highest BCUT2D eigenvalue weighted by Crippen LogP contribution is 2.56. The topological polar surface area (TPSA) is 180 Å². The molecule has 5 N–H and O–H groups in total. The molecule has 1 amide bonds. The van der Waals surface area contributed by atoms with Gasteiger partial charge >= 0.3 is 0 Å². The number of hydrogen-bond acceptors (Lipinski definition) is 11. The minimum Gasteiger partial charge on any atom is -0.507 e. The molecule has 2 aromatic rings. The molecule has 248 valence electrons. The van der Waals surface area contributed by atoms with Crippen molar-refractivity contribution >= 4 is 23.3 Å². The number of Topliss-reactive ketones (excluding diaryl/α,β-unsaturated/α-hetero) is 3. The Labute approximate surface area is 268 Å². The fourth-order valence-corrected chi connectivity index (χ4v) is 8.15. The number of primary amides is 1. The molecule has 0 heterocycles. The van der Waals surface area contributed by atoms with Gasteiger partial charge in [-0.05, 0) is 57.5 Å². The minimum atomic E-state index is -3.01. The Morgan fingerprint density at radius 3 is 2.35 bits per heavy atom. The summed E-state index contributed by atoms with van der Waals surface area (Å²) in [7, 11) is 5.56. The van der Waals surface area contributed by atoms with E-state index in [0.717, 1.165) is 26.6 Å². The number of benzene rings is 2. The molecule has 0 aromatic heterocycles. The van der Waals surface area contributed by atoms with Gasteiger partial charge in [-0.15, -0.1) is 0 Å². The van der Waals surface area contributed by atoms with Crippen LogP contribution < -0.4 is 10.5 Å². The monoisotopic (exact) mass is 637 g/mol. The lowest BCUT2D eigenvalue weighted by atomic mass is 9.50. The Hall–Kier alpha value is -3.68. The number of amides is 1. The quantitative estimate of drug-likeness (QED) is 0.213. The number of phenols is 1. The standard InChI is InChI=1S/C34H43N3O9/c1-6-37(13-12-18-10-8-7-9-11-18)17-20-16-23(38)25-21(30(20)45-4)14-19-15-22-27(36(2)3)29(40)26(32(35)42)34(44,46-5)33(22,43)31(41)24(19)28(25)39/h7-11,16,19,22,24,26-27,38,43-44H,6,12-15,17H2,1-5H3,(H2,35,42). The predicted octanol–water partition coefficient (Wildman–Crippen LogP) is 0.706. The van der Waals surface area contributed by atoms with Crippen molar-refractivity contribution in [3.05, 3.63) is 58.7 Å². The maximum absolute atomic E-state index is 14.3. The molecule has 5 rings (SSSR count). The summed E-state index contributed by atoms with van der Waals surface area (Å²) in [5, 5.41) is 35.1. The second-order valence-corrected chi connectivity index (χ2v) is 12.9. The second-order valence-electron chi connectivity index (χ2n) is 12.9. The van der Waals surface area contributed by atoms with E-state index in [1.54, 1.807) is 14.1 Å². The number of ether oxygens (including phenoxy) is 2. The first-order valence-corrected chi connectivity index (χ1v) is 15.5. The first kappa shape index (κ1) is 33.7. The Balaban J connectivity index is 1.55. The van der Waals surface area contributed by atoms with Crippen LogP contribution in [0.1, 0.15) is 40.4 Å². The number of carbonyl (C=O) groups excluding carboxylic acids is 4. The van der Waals surface area contributed by atoms with Crippen LogP contribution in [0.2, 0.25) is 0 Å². The Bertz CT molecular complexity index is 1550. The summed E-state index contributed by atoms with van der Waals surface area (Å²) in [6.45, 7) is 3.94. The van der Waals surface area contributed by atoms with E-state index in [1.165, 1.54) is 23.6 Å². The number of fused-ring (bicyclic) bond motifs is 3. The molecule has 2 saturated carbocycles. The number of nitrogens with two attached hydrogens (primary N) is 1. The highest BCUT2D eigenvalue weighted by molar-refractivity contribution is 6.18. The van der Waals surface area contributed by atoms with E-state index < -0.39 is 64.4 Å². The van der Waals surface area contributed by atoms with Gasteiger partial charge in [0.05, 0.1) is 24.6 Å². The summed E-state index contributed by atoms with van der Waals surface area (Å²) < 4.78 is 11.1. The number of likely N-dealkylation sites (N-methyl/N-ethyl adjacent to an activating group) is 2. The van der Waals surface area contributed by atoms with Crippen LogP contribution in [0, 0.1) is 23.7 Å². The molecule has 7 atom stereocenters. The average Bonchev–Trinajstić information content (AvgIpc) is 3.01. The Morgan fingerprint density at radius 2 is 1.78 bits per heavy atom. The van der Waals surface area contributed by atoms with Gasteiger partial charge in [0, 0.05) is 37.2 Å². The van der Waals surface area contributed by atoms with Gasteiger partial charge in [-0.2, -0.15) is 0 Å². The molecule has 2 fully saturated rings. The lowest BCUT2D eigenvalue weighted by Crippen LogP contribution is -2.81. The van der Waals surface area contributed by atoms with E-state index in [0.29, 0.717) is 23.4 Å². The molecule has 12 nitrogen and oxygen atoms in total. The van der Waals surface area contributed by atoms with E-state index >= 15 is 0 Å². The van der Waals surface area contributed by atoms with Gasteiger partial charge in [0.2, 0.25) is 11.7 Å². The number of phenolic OH excluding ortho intramolecular Hbond substituents is 1. The first-order valence-electron chi connectivity index (χ1n) is 15.5.